The molecule has 1 aromatic rings. The van der Waals surface area contributed by atoms with E-state index in [2.05, 4.69) is 29.4 Å². The highest BCUT2D eigenvalue weighted by Gasteiger charge is 2.15. The number of nitrogens with two attached hydrogens (primary N) is 1. The zero-order chi connectivity index (χ0) is 11.4. The molecule has 0 aliphatic heterocycles. The van der Waals surface area contributed by atoms with Gasteiger partial charge in [-0.1, -0.05) is 20.3 Å². The van der Waals surface area contributed by atoms with E-state index >= 15 is 0 Å². The van der Waals surface area contributed by atoms with Crippen LogP contribution >= 0.6 is 0 Å². The molecule has 0 saturated heterocycles. The van der Waals surface area contributed by atoms with E-state index in [1.54, 1.807) is 0 Å². The highest BCUT2D eigenvalue weighted by Crippen LogP contribution is 2.08. The molecule has 0 aliphatic rings. The van der Waals surface area contributed by atoms with Gasteiger partial charge in [-0.3, -0.25) is 9.89 Å². The van der Waals surface area contributed by atoms with Gasteiger partial charge in [0.15, 0.2) is 0 Å². The Morgan fingerprint density at radius 1 is 1.67 bits per heavy atom. The summed E-state index contributed by atoms with van der Waals surface area (Å²) in [7, 11) is 0. The SMILES string of the molecule is CCC(C)C(C)NC(=O)c1cc(N)n[nH]1. The average molecular weight is 210 g/mol. The lowest BCUT2D eigenvalue weighted by Crippen LogP contribution is -2.37. The second-order valence-corrected chi connectivity index (χ2v) is 3.85. The summed E-state index contributed by atoms with van der Waals surface area (Å²) < 4.78 is 0. The van der Waals surface area contributed by atoms with Gasteiger partial charge >= 0.3 is 0 Å². The number of hydrogen-bond donors (Lipinski definition) is 3. The maximum atomic E-state index is 11.7. The first-order valence-corrected chi connectivity index (χ1v) is 5.16. The highest BCUT2D eigenvalue weighted by atomic mass is 16.2. The van der Waals surface area contributed by atoms with Crippen molar-refractivity contribution in [2.75, 3.05) is 5.73 Å². The summed E-state index contributed by atoms with van der Waals surface area (Å²) in [4.78, 5) is 11.7. The summed E-state index contributed by atoms with van der Waals surface area (Å²) in [5.74, 6) is 0.623. The number of nitrogens with zero attached hydrogens (tertiary/aromatic N) is 1. The molecular formula is C10H18N4O. The number of amides is 1. The number of aromatic amines is 1. The van der Waals surface area contributed by atoms with Crippen molar-refractivity contribution in [2.24, 2.45) is 5.92 Å². The van der Waals surface area contributed by atoms with Gasteiger partial charge in [0, 0.05) is 12.1 Å². The molecule has 1 rings (SSSR count). The van der Waals surface area contributed by atoms with Crippen molar-refractivity contribution in [2.45, 2.75) is 33.2 Å². The van der Waals surface area contributed by atoms with E-state index in [0.717, 1.165) is 6.42 Å². The Morgan fingerprint density at radius 3 is 2.80 bits per heavy atom. The average Bonchev–Trinajstić information content (AvgIpc) is 2.63. The van der Waals surface area contributed by atoms with Crippen LogP contribution in [0.4, 0.5) is 5.82 Å². The fourth-order valence-corrected chi connectivity index (χ4v) is 1.23. The fraction of sp³-hybridized carbons (Fsp3) is 0.600. The van der Waals surface area contributed by atoms with Crippen LogP contribution in [0.5, 0.6) is 0 Å². The standard InChI is InChI=1S/C10H18N4O/c1-4-6(2)7(3)12-10(15)8-5-9(11)14-13-8/h5-7H,4H2,1-3H3,(H,12,15)(H3,11,13,14). The number of carbonyl (C=O) groups is 1. The van der Waals surface area contributed by atoms with Crippen molar-refractivity contribution in [1.29, 1.82) is 0 Å². The number of hydrogen-bond acceptors (Lipinski definition) is 3. The Balaban J connectivity index is 2.56. The largest absolute Gasteiger partial charge is 0.382 e. The first kappa shape index (κ1) is 11.6. The van der Waals surface area contributed by atoms with Crippen LogP contribution in [0.2, 0.25) is 0 Å². The molecule has 1 amide bonds. The Bertz CT molecular complexity index is 334. The Hall–Kier alpha value is -1.52. The minimum absolute atomic E-state index is 0.145. The Morgan fingerprint density at radius 2 is 2.33 bits per heavy atom. The van der Waals surface area contributed by atoms with E-state index in [1.807, 2.05) is 6.92 Å². The van der Waals surface area contributed by atoms with E-state index in [4.69, 9.17) is 5.73 Å². The van der Waals surface area contributed by atoms with Crippen LogP contribution in [0.1, 0.15) is 37.7 Å². The number of aromatic nitrogens is 2. The van der Waals surface area contributed by atoms with Crippen LogP contribution in [0.3, 0.4) is 0 Å². The molecule has 0 aromatic carbocycles. The molecule has 5 nitrogen and oxygen atoms in total. The molecule has 0 saturated carbocycles. The van der Waals surface area contributed by atoms with Gasteiger partial charge in [-0.25, -0.2) is 0 Å². The predicted octanol–water partition coefficient (Wildman–Crippen LogP) is 1.16. The summed E-state index contributed by atoms with van der Waals surface area (Å²) in [6.45, 7) is 6.19. The van der Waals surface area contributed by atoms with Gasteiger partial charge in [0.1, 0.15) is 11.5 Å². The zero-order valence-corrected chi connectivity index (χ0v) is 9.37. The van der Waals surface area contributed by atoms with E-state index in [9.17, 15) is 4.79 Å². The van der Waals surface area contributed by atoms with Crippen molar-refractivity contribution < 1.29 is 4.79 Å². The number of nitrogens with one attached hydrogen (secondary N) is 2. The second kappa shape index (κ2) is 4.82. The third-order valence-corrected chi connectivity index (χ3v) is 2.70. The number of nitrogen functional groups attached to an aromatic ring is 1. The normalized spacial score (nSPS) is 14.6. The van der Waals surface area contributed by atoms with Crippen LogP contribution in [0.25, 0.3) is 0 Å². The molecule has 4 N–H and O–H groups in total. The molecule has 0 aliphatic carbocycles. The zero-order valence-electron chi connectivity index (χ0n) is 9.37. The lowest BCUT2D eigenvalue weighted by molar-refractivity contribution is 0.0923. The third kappa shape index (κ3) is 2.97. The first-order chi connectivity index (χ1) is 7.04. The molecule has 15 heavy (non-hydrogen) atoms. The summed E-state index contributed by atoms with van der Waals surface area (Å²) in [6, 6.07) is 1.67. The van der Waals surface area contributed by atoms with Crippen LogP contribution in [0.15, 0.2) is 6.07 Å². The quantitative estimate of drug-likeness (QED) is 0.697. The van der Waals surface area contributed by atoms with Gasteiger partial charge in [0.25, 0.3) is 5.91 Å². The fourth-order valence-electron chi connectivity index (χ4n) is 1.23. The molecule has 0 bridgehead atoms. The van der Waals surface area contributed by atoms with E-state index in [1.165, 1.54) is 6.07 Å². The molecule has 1 heterocycles. The highest BCUT2D eigenvalue weighted by molar-refractivity contribution is 5.93. The lowest BCUT2D eigenvalue weighted by Gasteiger charge is -2.19. The smallest absolute Gasteiger partial charge is 0.269 e. The molecule has 0 spiro atoms. The van der Waals surface area contributed by atoms with Gasteiger partial charge in [-0.05, 0) is 12.8 Å². The summed E-state index contributed by atoms with van der Waals surface area (Å²) in [5, 5.41) is 9.18. The summed E-state index contributed by atoms with van der Waals surface area (Å²) >= 11 is 0. The van der Waals surface area contributed by atoms with E-state index in [0.29, 0.717) is 17.4 Å². The van der Waals surface area contributed by atoms with Crippen LogP contribution in [0, 0.1) is 5.92 Å². The van der Waals surface area contributed by atoms with Crippen molar-refractivity contribution in [3.63, 3.8) is 0 Å². The van der Waals surface area contributed by atoms with Crippen molar-refractivity contribution in [3.05, 3.63) is 11.8 Å². The third-order valence-electron chi connectivity index (χ3n) is 2.70. The molecule has 2 unspecified atom stereocenters. The number of rotatable bonds is 4. The van der Waals surface area contributed by atoms with Gasteiger partial charge in [-0.2, -0.15) is 5.10 Å². The van der Waals surface area contributed by atoms with Crippen molar-refractivity contribution in [1.82, 2.24) is 15.5 Å². The monoisotopic (exact) mass is 210 g/mol. The summed E-state index contributed by atoms with van der Waals surface area (Å²) in [6.07, 6.45) is 1.03. The number of carbonyl (C=O) groups excluding carboxylic acids is 1. The minimum Gasteiger partial charge on any atom is -0.382 e. The van der Waals surface area contributed by atoms with E-state index < -0.39 is 0 Å². The first-order valence-electron chi connectivity index (χ1n) is 5.16. The van der Waals surface area contributed by atoms with Crippen molar-refractivity contribution in [3.8, 4) is 0 Å². The van der Waals surface area contributed by atoms with Gasteiger partial charge in [-0.15, -0.1) is 0 Å². The molecule has 0 radical (unpaired) electrons. The predicted molar refractivity (Wildman–Crippen MR) is 59.4 cm³/mol. The number of H-pyrrole nitrogens is 1. The summed E-state index contributed by atoms with van der Waals surface area (Å²) in [5.41, 5.74) is 5.82. The minimum atomic E-state index is -0.160. The molecule has 0 fully saturated rings. The molecule has 1 aromatic heterocycles. The maximum Gasteiger partial charge on any atom is 0.269 e. The molecular weight excluding hydrogens is 192 g/mol. The Kier molecular flexibility index (Phi) is 3.71. The van der Waals surface area contributed by atoms with Gasteiger partial charge in [0.2, 0.25) is 0 Å². The molecule has 5 heteroatoms. The van der Waals surface area contributed by atoms with Gasteiger partial charge < -0.3 is 11.1 Å². The van der Waals surface area contributed by atoms with Crippen LogP contribution in [-0.4, -0.2) is 22.1 Å². The lowest BCUT2D eigenvalue weighted by atomic mass is 10.0. The number of anilines is 1. The van der Waals surface area contributed by atoms with E-state index in [-0.39, 0.29) is 11.9 Å². The van der Waals surface area contributed by atoms with Crippen molar-refractivity contribution >= 4 is 11.7 Å². The topological polar surface area (TPSA) is 83.8 Å². The van der Waals surface area contributed by atoms with Crippen LogP contribution in [-0.2, 0) is 0 Å². The van der Waals surface area contributed by atoms with Gasteiger partial charge in [0.05, 0.1) is 0 Å². The molecule has 84 valence electrons. The maximum absolute atomic E-state index is 11.7. The Labute approximate surface area is 89.4 Å². The second-order valence-electron chi connectivity index (χ2n) is 3.85. The van der Waals surface area contributed by atoms with Crippen LogP contribution < -0.4 is 11.1 Å². The molecule has 2 atom stereocenters.